The standard InChI is InChI=1S/C23H26N4O3S/c1-5-14-27-22(17(2)30-20-13-9-12-19(15-20)29-4)24-25-23(27)31-16-21(28)26(3)18-10-7-6-8-11-18/h5-13,15,17H,1,14,16H2,2-4H3. The maximum Gasteiger partial charge on any atom is 0.237 e. The average molecular weight is 439 g/mol. The third-order valence-corrected chi connectivity index (χ3v) is 5.57. The topological polar surface area (TPSA) is 69.5 Å². The maximum absolute atomic E-state index is 12.6. The van der Waals surface area contributed by atoms with E-state index in [0.717, 1.165) is 11.4 Å². The fraction of sp³-hybridized carbons (Fsp3) is 0.261. The number of ether oxygens (including phenoxy) is 2. The second-order valence-electron chi connectivity index (χ2n) is 6.76. The molecule has 1 aromatic heterocycles. The number of amides is 1. The Morgan fingerprint density at radius 3 is 2.65 bits per heavy atom. The Kier molecular flexibility index (Phi) is 7.72. The molecule has 7 nitrogen and oxygen atoms in total. The Hall–Kier alpha value is -3.26. The van der Waals surface area contributed by atoms with E-state index in [0.29, 0.717) is 23.3 Å². The van der Waals surface area contributed by atoms with Crippen molar-refractivity contribution < 1.29 is 14.3 Å². The maximum atomic E-state index is 12.6. The van der Waals surface area contributed by atoms with Gasteiger partial charge in [-0.05, 0) is 31.2 Å². The Morgan fingerprint density at radius 1 is 1.19 bits per heavy atom. The van der Waals surface area contributed by atoms with E-state index in [1.54, 1.807) is 25.1 Å². The van der Waals surface area contributed by atoms with Crippen LogP contribution in [0, 0.1) is 0 Å². The number of allylic oxidation sites excluding steroid dienone is 1. The zero-order valence-electron chi connectivity index (χ0n) is 17.9. The highest BCUT2D eigenvalue weighted by Crippen LogP contribution is 2.27. The zero-order chi connectivity index (χ0) is 22.2. The molecule has 1 amide bonds. The van der Waals surface area contributed by atoms with Gasteiger partial charge in [0.05, 0.1) is 12.9 Å². The van der Waals surface area contributed by atoms with Crippen LogP contribution < -0.4 is 14.4 Å². The van der Waals surface area contributed by atoms with Crippen molar-refractivity contribution in [3.8, 4) is 11.5 Å². The highest BCUT2D eigenvalue weighted by Gasteiger charge is 2.21. The number of anilines is 1. The van der Waals surface area contributed by atoms with E-state index in [4.69, 9.17) is 9.47 Å². The van der Waals surface area contributed by atoms with Crippen molar-refractivity contribution in [1.29, 1.82) is 0 Å². The second-order valence-corrected chi connectivity index (χ2v) is 7.70. The van der Waals surface area contributed by atoms with Crippen LogP contribution in [0.2, 0.25) is 0 Å². The van der Waals surface area contributed by atoms with Crippen LogP contribution in [-0.4, -0.2) is 40.6 Å². The Balaban J connectivity index is 1.70. The second kappa shape index (κ2) is 10.7. The molecule has 31 heavy (non-hydrogen) atoms. The predicted octanol–water partition coefficient (Wildman–Crippen LogP) is 4.37. The molecule has 0 saturated heterocycles. The number of carbonyl (C=O) groups is 1. The SMILES string of the molecule is C=CCn1c(SCC(=O)N(C)c2ccccc2)nnc1C(C)Oc1cccc(OC)c1. The summed E-state index contributed by atoms with van der Waals surface area (Å²) in [5.41, 5.74) is 0.849. The molecular weight excluding hydrogens is 412 g/mol. The molecule has 0 fully saturated rings. The van der Waals surface area contributed by atoms with Gasteiger partial charge < -0.3 is 14.4 Å². The fourth-order valence-corrected chi connectivity index (χ4v) is 3.83. The number of aromatic nitrogens is 3. The molecule has 162 valence electrons. The third kappa shape index (κ3) is 5.67. The number of nitrogens with zero attached hydrogens (tertiary/aromatic N) is 4. The summed E-state index contributed by atoms with van der Waals surface area (Å²) in [5, 5.41) is 9.25. The molecule has 3 aromatic rings. The summed E-state index contributed by atoms with van der Waals surface area (Å²) in [4.78, 5) is 14.3. The molecular formula is C23H26N4O3S. The van der Waals surface area contributed by atoms with Gasteiger partial charge in [-0.25, -0.2) is 0 Å². The largest absolute Gasteiger partial charge is 0.497 e. The minimum Gasteiger partial charge on any atom is -0.497 e. The van der Waals surface area contributed by atoms with Gasteiger partial charge in [-0.2, -0.15) is 0 Å². The lowest BCUT2D eigenvalue weighted by Gasteiger charge is -2.17. The van der Waals surface area contributed by atoms with Gasteiger partial charge in [0.2, 0.25) is 5.91 Å². The summed E-state index contributed by atoms with van der Waals surface area (Å²) in [5.74, 6) is 2.27. The molecule has 0 aliphatic carbocycles. The molecule has 1 atom stereocenters. The average Bonchev–Trinajstić information content (AvgIpc) is 3.20. The Bertz CT molecular complexity index is 1020. The molecule has 0 saturated carbocycles. The highest BCUT2D eigenvalue weighted by molar-refractivity contribution is 7.99. The van der Waals surface area contributed by atoms with Gasteiger partial charge in [0.15, 0.2) is 17.1 Å². The normalized spacial score (nSPS) is 11.6. The van der Waals surface area contributed by atoms with Crippen LogP contribution in [0.5, 0.6) is 11.5 Å². The van der Waals surface area contributed by atoms with Crippen LogP contribution in [0.4, 0.5) is 5.69 Å². The lowest BCUT2D eigenvalue weighted by Crippen LogP contribution is -2.28. The lowest BCUT2D eigenvalue weighted by molar-refractivity contribution is -0.115. The van der Waals surface area contributed by atoms with E-state index < -0.39 is 0 Å². The first-order valence-corrected chi connectivity index (χ1v) is 10.8. The van der Waals surface area contributed by atoms with Gasteiger partial charge in [0.25, 0.3) is 0 Å². The highest BCUT2D eigenvalue weighted by atomic mass is 32.2. The minimum atomic E-state index is -0.350. The summed E-state index contributed by atoms with van der Waals surface area (Å²) >= 11 is 1.34. The van der Waals surface area contributed by atoms with Crippen molar-refractivity contribution in [2.75, 3.05) is 24.8 Å². The smallest absolute Gasteiger partial charge is 0.237 e. The van der Waals surface area contributed by atoms with Crippen LogP contribution in [0.25, 0.3) is 0 Å². The van der Waals surface area contributed by atoms with Crippen molar-refractivity contribution in [2.24, 2.45) is 0 Å². The minimum absolute atomic E-state index is 0.0217. The van der Waals surface area contributed by atoms with E-state index in [9.17, 15) is 4.79 Å². The molecule has 3 rings (SSSR count). The fourth-order valence-electron chi connectivity index (χ4n) is 2.96. The lowest BCUT2D eigenvalue weighted by atomic mass is 10.3. The number of carbonyl (C=O) groups excluding carboxylic acids is 1. The number of thioether (sulfide) groups is 1. The van der Waals surface area contributed by atoms with E-state index in [-0.39, 0.29) is 17.8 Å². The zero-order valence-corrected chi connectivity index (χ0v) is 18.7. The molecule has 1 heterocycles. The number of hydrogen-bond acceptors (Lipinski definition) is 6. The molecule has 0 aliphatic rings. The van der Waals surface area contributed by atoms with Gasteiger partial charge in [0, 0.05) is 25.3 Å². The number of methoxy groups -OCH3 is 1. The summed E-state index contributed by atoms with van der Waals surface area (Å²) in [6.07, 6.45) is 1.42. The quantitative estimate of drug-likeness (QED) is 0.346. The molecule has 0 spiro atoms. The number of para-hydroxylation sites is 1. The van der Waals surface area contributed by atoms with Crippen molar-refractivity contribution in [3.05, 3.63) is 73.1 Å². The van der Waals surface area contributed by atoms with Gasteiger partial charge >= 0.3 is 0 Å². The van der Waals surface area contributed by atoms with Crippen molar-refractivity contribution in [3.63, 3.8) is 0 Å². The van der Waals surface area contributed by atoms with Gasteiger partial charge in [-0.3, -0.25) is 9.36 Å². The summed E-state index contributed by atoms with van der Waals surface area (Å²) in [6, 6.07) is 16.9. The molecule has 0 bridgehead atoms. The summed E-state index contributed by atoms with van der Waals surface area (Å²) in [7, 11) is 3.38. The Morgan fingerprint density at radius 2 is 1.94 bits per heavy atom. The number of rotatable bonds is 10. The molecule has 0 N–H and O–H groups in total. The van der Waals surface area contributed by atoms with Crippen molar-refractivity contribution in [1.82, 2.24) is 14.8 Å². The van der Waals surface area contributed by atoms with Crippen LogP contribution in [0.1, 0.15) is 18.9 Å². The molecule has 8 heteroatoms. The van der Waals surface area contributed by atoms with Gasteiger partial charge in [-0.1, -0.05) is 42.1 Å². The van der Waals surface area contributed by atoms with Crippen LogP contribution in [0.3, 0.4) is 0 Å². The van der Waals surface area contributed by atoms with Crippen LogP contribution in [-0.2, 0) is 11.3 Å². The number of hydrogen-bond donors (Lipinski definition) is 0. The Labute approximate surface area is 186 Å². The van der Waals surface area contributed by atoms with Crippen LogP contribution in [0.15, 0.2) is 72.4 Å². The molecule has 2 aromatic carbocycles. The first-order valence-electron chi connectivity index (χ1n) is 9.82. The molecule has 0 radical (unpaired) electrons. The van der Waals surface area contributed by atoms with Crippen LogP contribution >= 0.6 is 11.8 Å². The van der Waals surface area contributed by atoms with E-state index in [2.05, 4.69) is 16.8 Å². The third-order valence-electron chi connectivity index (χ3n) is 4.62. The van der Waals surface area contributed by atoms with Crippen molar-refractivity contribution >= 4 is 23.4 Å². The van der Waals surface area contributed by atoms with Gasteiger partial charge in [-0.15, -0.1) is 16.8 Å². The van der Waals surface area contributed by atoms with Crippen molar-refractivity contribution in [2.45, 2.75) is 24.7 Å². The van der Waals surface area contributed by atoms with E-state index in [1.165, 1.54) is 11.8 Å². The molecule has 1 unspecified atom stereocenters. The summed E-state index contributed by atoms with van der Waals surface area (Å²) in [6.45, 7) is 6.25. The molecule has 0 aliphatic heterocycles. The predicted molar refractivity (Wildman–Crippen MR) is 123 cm³/mol. The first-order chi connectivity index (χ1) is 15.0. The monoisotopic (exact) mass is 438 g/mol. The first kappa shape index (κ1) is 22.4. The van der Waals surface area contributed by atoms with E-state index in [1.807, 2.05) is 66.1 Å². The summed E-state index contributed by atoms with van der Waals surface area (Å²) < 4.78 is 13.2. The van der Waals surface area contributed by atoms with Gasteiger partial charge in [0.1, 0.15) is 11.5 Å². The van der Waals surface area contributed by atoms with E-state index >= 15 is 0 Å². The number of benzene rings is 2.